The average molecular weight is 237 g/mol. The molecule has 0 fully saturated rings. The number of aliphatic hydroxyl groups is 1. The third kappa shape index (κ3) is 3.20. The number of hydrogen-bond acceptors (Lipinski definition) is 3. The second kappa shape index (κ2) is 4.75. The number of carbonyl (C=O) groups is 1. The number of aryl methyl sites for hydroxylation is 1. The van der Waals surface area contributed by atoms with E-state index in [4.69, 9.17) is 5.11 Å². The molecule has 0 spiro atoms. The summed E-state index contributed by atoms with van der Waals surface area (Å²) in [6.07, 6.45) is -0.593. The standard InChI is InChI=1S/C13H19NO3/c1-8-5-6-10(12(16)17)11(7-8)14-13(3,4)9(2)15/h5-7,9,14-15H,1-4H3,(H,16,17). The molecule has 1 unspecified atom stereocenters. The van der Waals surface area contributed by atoms with Crippen LogP contribution in [-0.4, -0.2) is 27.8 Å². The number of hydrogen-bond donors (Lipinski definition) is 3. The van der Waals surface area contributed by atoms with E-state index < -0.39 is 17.6 Å². The van der Waals surface area contributed by atoms with Crippen LogP contribution in [0.25, 0.3) is 0 Å². The van der Waals surface area contributed by atoms with E-state index in [-0.39, 0.29) is 5.56 Å². The van der Waals surface area contributed by atoms with Crippen molar-refractivity contribution in [1.29, 1.82) is 0 Å². The van der Waals surface area contributed by atoms with Crippen LogP contribution in [0.1, 0.15) is 36.7 Å². The van der Waals surface area contributed by atoms with Gasteiger partial charge in [0.1, 0.15) is 0 Å². The molecule has 0 amide bonds. The molecule has 0 radical (unpaired) electrons. The smallest absolute Gasteiger partial charge is 0.337 e. The third-order valence-electron chi connectivity index (χ3n) is 2.91. The topological polar surface area (TPSA) is 69.6 Å². The van der Waals surface area contributed by atoms with Crippen LogP contribution in [0, 0.1) is 6.92 Å². The molecule has 0 aliphatic heterocycles. The Kier molecular flexibility index (Phi) is 3.78. The molecule has 17 heavy (non-hydrogen) atoms. The van der Waals surface area contributed by atoms with Crippen LogP contribution in [-0.2, 0) is 0 Å². The number of rotatable bonds is 4. The Morgan fingerprint density at radius 3 is 2.47 bits per heavy atom. The van der Waals surface area contributed by atoms with Gasteiger partial charge in [0, 0.05) is 5.69 Å². The lowest BCUT2D eigenvalue weighted by molar-refractivity contribution is 0.0697. The fraction of sp³-hybridized carbons (Fsp3) is 0.462. The van der Waals surface area contributed by atoms with Gasteiger partial charge in [-0.05, 0) is 45.4 Å². The van der Waals surface area contributed by atoms with E-state index in [1.165, 1.54) is 0 Å². The first-order valence-electron chi connectivity index (χ1n) is 5.54. The van der Waals surface area contributed by atoms with Gasteiger partial charge in [0.05, 0.1) is 17.2 Å². The van der Waals surface area contributed by atoms with Gasteiger partial charge in [0.2, 0.25) is 0 Å². The van der Waals surface area contributed by atoms with Gasteiger partial charge in [-0.15, -0.1) is 0 Å². The first-order valence-corrected chi connectivity index (χ1v) is 5.54. The molecule has 0 aliphatic rings. The molecular formula is C13H19NO3. The fourth-order valence-corrected chi connectivity index (χ4v) is 1.40. The number of aliphatic hydroxyl groups excluding tert-OH is 1. The summed E-state index contributed by atoms with van der Waals surface area (Å²) in [4.78, 5) is 11.1. The molecule has 0 aliphatic carbocycles. The first kappa shape index (κ1) is 13.5. The summed E-state index contributed by atoms with van der Waals surface area (Å²) in [6.45, 7) is 7.21. The Balaban J connectivity index is 3.13. The van der Waals surface area contributed by atoms with Crippen LogP contribution in [0.15, 0.2) is 18.2 Å². The zero-order chi connectivity index (χ0) is 13.2. The second-order valence-electron chi connectivity index (χ2n) is 4.88. The van der Waals surface area contributed by atoms with Crippen LogP contribution >= 0.6 is 0 Å². The molecule has 0 saturated heterocycles. The van der Waals surface area contributed by atoms with Gasteiger partial charge in [0.15, 0.2) is 0 Å². The van der Waals surface area contributed by atoms with Gasteiger partial charge in [-0.2, -0.15) is 0 Å². The lowest BCUT2D eigenvalue weighted by Gasteiger charge is -2.31. The van der Waals surface area contributed by atoms with Crippen LogP contribution in [0.2, 0.25) is 0 Å². The van der Waals surface area contributed by atoms with Gasteiger partial charge in [-0.25, -0.2) is 4.79 Å². The maximum Gasteiger partial charge on any atom is 0.337 e. The van der Waals surface area contributed by atoms with E-state index >= 15 is 0 Å². The molecule has 94 valence electrons. The molecule has 4 nitrogen and oxygen atoms in total. The Morgan fingerprint density at radius 2 is 2.00 bits per heavy atom. The predicted molar refractivity (Wildman–Crippen MR) is 67.5 cm³/mol. The molecule has 0 heterocycles. The van der Waals surface area contributed by atoms with Crippen molar-refractivity contribution in [2.75, 3.05) is 5.32 Å². The van der Waals surface area contributed by atoms with Crippen LogP contribution in [0.4, 0.5) is 5.69 Å². The van der Waals surface area contributed by atoms with Gasteiger partial charge in [-0.1, -0.05) is 6.07 Å². The summed E-state index contributed by atoms with van der Waals surface area (Å²) in [5.74, 6) is -0.978. The monoisotopic (exact) mass is 237 g/mol. The summed E-state index contributed by atoms with van der Waals surface area (Å²) in [6, 6.07) is 5.09. The van der Waals surface area contributed by atoms with Crippen molar-refractivity contribution in [1.82, 2.24) is 0 Å². The average Bonchev–Trinajstić information content (AvgIpc) is 2.15. The minimum atomic E-state index is -0.978. The molecular weight excluding hydrogens is 218 g/mol. The zero-order valence-corrected chi connectivity index (χ0v) is 10.6. The molecule has 1 aromatic carbocycles. The summed E-state index contributed by atoms with van der Waals surface area (Å²) in [7, 11) is 0. The number of carboxylic acid groups (broad SMARTS) is 1. The van der Waals surface area contributed by atoms with Crippen molar-refractivity contribution in [2.24, 2.45) is 0 Å². The van der Waals surface area contributed by atoms with Crippen molar-refractivity contribution in [3.05, 3.63) is 29.3 Å². The minimum absolute atomic E-state index is 0.212. The van der Waals surface area contributed by atoms with Gasteiger partial charge in [-0.3, -0.25) is 0 Å². The van der Waals surface area contributed by atoms with Crippen molar-refractivity contribution in [2.45, 2.75) is 39.3 Å². The number of benzene rings is 1. The maximum absolute atomic E-state index is 11.1. The molecule has 0 aromatic heterocycles. The molecule has 1 atom stereocenters. The molecule has 0 bridgehead atoms. The highest BCUT2D eigenvalue weighted by molar-refractivity contribution is 5.94. The first-order chi connectivity index (χ1) is 7.74. The van der Waals surface area contributed by atoms with E-state index in [2.05, 4.69) is 5.32 Å². The van der Waals surface area contributed by atoms with Crippen molar-refractivity contribution in [3.63, 3.8) is 0 Å². The SMILES string of the molecule is Cc1ccc(C(=O)O)c(NC(C)(C)C(C)O)c1. The fourth-order valence-electron chi connectivity index (χ4n) is 1.40. The van der Waals surface area contributed by atoms with Gasteiger partial charge < -0.3 is 15.5 Å². The third-order valence-corrected chi connectivity index (χ3v) is 2.91. The number of carboxylic acids is 1. The van der Waals surface area contributed by atoms with E-state index in [1.54, 1.807) is 25.1 Å². The van der Waals surface area contributed by atoms with E-state index in [1.807, 2.05) is 20.8 Å². The Hall–Kier alpha value is -1.55. The largest absolute Gasteiger partial charge is 0.478 e. The zero-order valence-electron chi connectivity index (χ0n) is 10.6. The highest BCUT2D eigenvalue weighted by Gasteiger charge is 2.25. The van der Waals surface area contributed by atoms with E-state index in [0.717, 1.165) is 5.56 Å². The lowest BCUT2D eigenvalue weighted by Crippen LogP contribution is -2.42. The summed E-state index contributed by atoms with van der Waals surface area (Å²) < 4.78 is 0. The van der Waals surface area contributed by atoms with Gasteiger partial charge >= 0.3 is 5.97 Å². The normalized spacial score (nSPS) is 13.2. The molecule has 1 rings (SSSR count). The van der Waals surface area contributed by atoms with E-state index in [9.17, 15) is 9.90 Å². The van der Waals surface area contributed by atoms with Crippen LogP contribution in [0.3, 0.4) is 0 Å². The predicted octanol–water partition coefficient (Wildman–Crippen LogP) is 2.26. The molecule has 3 N–H and O–H groups in total. The second-order valence-corrected chi connectivity index (χ2v) is 4.88. The molecule has 0 saturated carbocycles. The van der Waals surface area contributed by atoms with Crippen molar-refractivity contribution in [3.8, 4) is 0 Å². The molecule has 1 aromatic rings. The highest BCUT2D eigenvalue weighted by atomic mass is 16.4. The Bertz CT molecular complexity index is 425. The van der Waals surface area contributed by atoms with Gasteiger partial charge in [0.25, 0.3) is 0 Å². The Morgan fingerprint density at radius 1 is 1.41 bits per heavy atom. The quantitative estimate of drug-likeness (QED) is 0.751. The highest BCUT2D eigenvalue weighted by Crippen LogP contribution is 2.23. The number of anilines is 1. The summed E-state index contributed by atoms with van der Waals surface area (Å²) in [5, 5.41) is 21.8. The van der Waals surface area contributed by atoms with Crippen molar-refractivity contribution >= 4 is 11.7 Å². The maximum atomic E-state index is 11.1. The summed E-state index contributed by atoms with van der Waals surface area (Å²) >= 11 is 0. The van der Waals surface area contributed by atoms with Crippen molar-refractivity contribution < 1.29 is 15.0 Å². The lowest BCUT2D eigenvalue weighted by atomic mass is 9.97. The number of aromatic carboxylic acids is 1. The molecule has 4 heteroatoms. The van der Waals surface area contributed by atoms with Crippen LogP contribution < -0.4 is 5.32 Å². The number of nitrogens with one attached hydrogen (secondary N) is 1. The Labute approximate surface area is 101 Å². The van der Waals surface area contributed by atoms with Crippen LogP contribution in [0.5, 0.6) is 0 Å². The summed E-state index contributed by atoms with van der Waals surface area (Å²) in [5.41, 5.74) is 1.13. The van der Waals surface area contributed by atoms with E-state index in [0.29, 0.717) is 5.69 Å². The minimum Gasteiger partial charge on any atom is -0.478 e.